The maximum atomic E-state index is 12.6. The predicted octanol–water partition coefficient (Wildman–Crippen LogP) is 3.50. The number of thiazole rings is 1. The van der Waals surface area contributed by atoms with E-state index >= 15 is 0 Å². The molecule has 8 nitrogen and oxygen atoms in total. The fraction of sp³-hybridized carbons (Fsp3) is 0.200. The van der Waals surface area contributed by atoms with E-state index in [0.29, 0.717) is 27.0 Å². The van der Waals surface area contributed by atoms with Crippen LogP contribution in [0.3, 0.4) is 0 Å². The van der Waals surface area contributed by atoms with E-state index in [4.69, 9.17) is 0 Å². The molecule has 13 heteroatoms. The number of ether oxygens (including phenoxy) is 1. The molecule has 0 aliphatic rings. The molecule has 0 saturated carbocycles. The Hall–Kier alpha value is -3.45. The first-order valence-electron chi connectivity index (χ1n) is 9.31. The van der Waals surface area contributed by atoms with Gasteiger partial charge in [-0.2, -0.15) is 0 Å². The Bertz CT molecular complexity index is 1480. The summed E-state index contributed by atoms with van der Waals surface area (Å²) >= 11 is 2.30. The maximum Gasteiger partial charge on any atom is 0.573 e. The first kappa shape index (κ1) is 22.7. The third-order valence-corrected chi connectivity index (χ3v) is 6.57. The number of fused-ring (bicyclic) bond motifs is 1. The summed E-state index contributed by atoms with van der Waals surface area (Å²) in [6.07, 6.45) is -4.92. The topological polar surface area (TPSA) is 95.2 Å². The molecule has 4 rings (SSSR count). The first-order valence-corrected chi connectivity index (χ1v) is 11.1. The molecule has 0 atom stereocenters. The Labute approximate surface area is 191 Å². The molecule has 0 fully saturated rings. The predicted molar refractivity (Wildman–Crippen MR) is 119 cm³/mol. The Kier molecular flexibility index (Phi) is 5.84. The van der Waals surface area contributed by atoms with Crippen molar-refractivity contribution in [2.75, 3.05) is 5.32 Å². The average Bonchev–Trinajstić information content (AvgIpc) is 3.37. The molecule has 1 aromatic carbocycles. The number of rotatable bonds is 5. The van der Waals surface area contributed by atoms with Crippen molar-refractivity contribution in [1.29, 1.82) is 0 Å². The van der Waals surface area contributed by atoms with Gasteiger partial charge in [0, 0.05) is 25.0 Å². The van der Waals surface area contributed by atoms with E-state index in [1.807, 2.05) is 0 Å². The smallest absolute Gasteiger partial charge is 0.406 e. The van der Waals surface area contributed by atoms with Crippen LogP contribution in [-0.4, -0.2) is 26.4 Å². The molecule has 0 bridgehead atoms. The minimum atomic E-state index is -4.81. The van der Waals surface area contributed by atoms with Gasteiger partial charge >= 0.3 is 12.1 Å². The molecule has 0 spiro atoms. The highest BCUT2D eigenvalue weighted by atomic mass is 32.1. The number of hydrogen-bond donors (Lipinski definition) is 1. The zero-order chi connectivity index (χ0) is 23.9. The Morgan fingerprint density at radius 1 is 1.15 bits per heavy atom. The van der Waals surface area contributed by atoms with Gasteiger partial charge in [0.05, 0.1) is 17.5 Å². The second kappa shape index (κ2) is 8.48. The fourth-order valence-electron chi connectivity index (χ4n) is 3.21. The number of aromatic nitrogens is 3. The molecule has 0 radical (unpaired) electrons. The molecule has 33 heavy (non-hydrogen) atoms. The van der Waals surface area contributed by atoms with Crippen molar-refractivity contribution in [3.8, 4) is 17.0 Å². The number of carbonyl (C=O) groups excluding carboxylic acids is 1. The molecular formula is C20H15F3N4O4S2. The second-order valence-corrected chi connectivity index (χ2v) is 8.70. The van der Waals surface area contributed by atoms with Gasteiger partial charge < -0.3 is 10.1 Å². The number of nitrogens with one attached hydrogen (secondary N) is 1. The molecule has 3 heterocycles. The summed E-state index contributed by atoms with van der Waals surface area (Å²) in [6.45, 7) is 0. The summed E-state index contributed by atoms with van der Waals surface area (Å²) in [5.41, 5.74) is 0.312. The van der Waals surface area contributed by atoms with Gasteiger partial charge in [0.1, 0.15) is 10.6 Å². The number of hydrogen-bond acceptors (Lipinski definition) is 7. The van der Waals surface area contributed by atoms with Crippen LogP contribution in [0.1, 0.15) is 5.56 Å². The SMILES string of the molecule is Cn1c(=O)c2c(CC(=O)Nc3nc(-c4cccc(OC(F)(F)F)c4)cs3)csc2n(C)c1=O. The van der Waals surface area contributed by atoms with E-state index in [1.165, 1.54) is 41.2 Å². The maximum absolute atomic E-state index is 12.6. The van der Waals surface area contributed by atoms with E-state index in [9.17, 15) is 27.6 Å². The van der Waals surface area contributed by atoms with Crippen LogP contribution in [0.4, 0.5) is 18.3 Å². The molecule has 1 amide bonds. The van der Waals surface area contributed by atoms with E-state index in [2.05, 4.69) is 15.0 Å². The number of carbonyl (C=O) groups is 1. The lowest BCUT2D eigenvalue weighted by molar-refractivity contribution is -0.274. The Morgan fingerprint density at radius 2 is 1.91 bits per heavy atom. The van der Waals surface area contributed by atoms with Crippen LogP contribution in [0, 0.1) is 0 Å². The minimum Gasteiger partial charge on any atom is -0.406 e. The third kappa shape index (κ3) is 4.68. The van der Waals surface area contributed by atoms with E-state index in [1.54, 1.807) is 23.9 Å². The van der Waals surface area contributed by atoms with E-state index in [0.717, 1.165) is 15.9 Å². The zero-order valence-corrected chi connectivity index (χ0v) is 18.7. The summed E-state index contributed by atoms with van der Waals surface area (Å²) in [5.74, 6) is -0.806. The van der Waals surface area contributed by atoms with Crippen molar-refractivity contribution in [1.82, 2.24) is 14.1 Å². The first-order chi connectivity index (χ1) is 15.5. The quantitative estimate of drug-likeness (QED) is 0.456. The van der Waals surface area contributed by atoms with Crippen molar-refractivity contribution in [2.45, 2.75) is 12.8 Å². The molecule has 0 saturated heterocycles. The normalized spacial score (nSPS) is 11.7. The third-order valence-electron chi connectivity index (χ3n) is 4.71. The van der Waals surface area contributed by atoms with Crippen LogP contribution < -0.4 is 21.3 Å². The van der Waals surface area contributed by atoms with Crippen molar-refractivity contribution in [3.63, 3.8) is 0 Å². The van der Waals surface area contributed by atoms with Crippen LogP contribution in [0.25, 0.3) is 21.5 Å². The number of aryl methyl sites for hydroxylation is 1. The number of benzene rings is 1. The van der Waals surface area contributed by atoms with Crippen molar-refractivity contribution in [3.05, 3.63) is 61.4 Å². The van der Waals surface area contributed by atoms with Gasteiger partial charge in [0.2, 0.25) is 5.91 Å². The number of alkyl halides is 3. The highest BCUT2D eigenvalue weighted by Gasteiger charge is 2.31. The molecule has 0 aliphatic carbocycles. The fourth-order valence-corrected chi connectivity index (χ4v) is 4.97. The van der Waals surface area contributed by atoms with Crippen LogP contribution in [0.2, 0.25) is 0 Å². The number of halogens is 3. The van der Waals surface area contributed by atoms with Crippen molar-refractivity contribution in [2.24, 2.45) is 14.1 Å². The highest BCUT2D eigenvalue weighted by molar-refractivity contribution is 7.17. The number of anilines is 1. The van der Waals surface area contributed by atoms with Gasteiger partial charge in [-0.1, -0.05) is 12.1 Å². The second-order valence-electron chi connectivity index (χ2n) is 6.99. The minimum absolute atomic E-state index is 0.114. The van der Waals surface area contributed by atoms with Crippen LogP contribution in [0.15, 0.2) is 44.6 Å². The molecule has 0 aliphatic heterocycles. The van der Waals surface area contributed by atoms with Crippen LogP contribution in [0.5, 0.6) is 5.75 Å². The van der Waals surface area contributed by atoms with E-state index < -0.39 is 23.5 Å². The molecule has 4 aromatic rings. The molecule has 3 aromatic heterocycles. The van der Waals surface area contributed by atoms with Gasteiger partial charge in [-0.25, -0.2) is 9.78 Å². The van der Waals surface area contributed by atoms with Gasteiger partial charge in [0.25, 0.3) is 5.56 Å². The Morgan fingerprint density at radius 3 is 2.64 bits per heavy atom. The summed E-state index contributed by atoms with van der Waals surface area (Å²) in [7, 11) is 2.92. The lowest BCUT2D eigenvalue weighted by Gasteiger charge is -2.09. The average molecular weight is 496 g/mol. The number of nitrogens with zero attached hydrogens (tertiary/aromatic N) is 3. The zero-order valence-electron chi connectivity index (χ0n) is 17.1. The number of thiophene rings is 1. The van der Waals surface area contributed by atoms with Gasteiger partial charge in [0.15, 0.2) is 5.13 Å². The van der Waals surface area contributed by atoms with Gasteiger partial charge in [-0.05, 0) is 23.1 Å². The summed E-state index contributed by atoms with van der Waals surface area (Å²) in [4.78, 5) is 41.9. The largest absolute Gasteiger partial charge is 0.573 e. The van der Waals surface area contributed by atoms with E-state index in [-0.39, 0.29) is 17.3 Å². The summed E-state index contributed by atoms with van der Waals surface area (Å²) in [6, 6.07) is 5.36. The van der Waals surface area contributed by atoms with Crippen molar-refractivity contribution >= 4 is 43.9 Å². The molecule has 172 valence electrons. The number of amides is 1. The van der Waals surface area contributed by atoms with Crippen molar-refractivity contribution < 1.29 is 22.7 Å². The summed E-state index contributed by atoms with van der Waals surface area (Å²) < 4.78 is 43.6. The van der Waals surface area contributed by atoms with Gasteiger partial charge in [-0.3, -0.25) is 18.7 Å². The van der Waals surface area contributed by atoms with Crippen LogP contribution >= 0.6 is 22.7 Å². The summed E-state index contributed by atoms with van der Waals surface area (Å²) in [5, 5.41) is 6.43. The molecular weight excluding hydrogens is 481 g/mol. The molecule has 0 unspecified atom stereocenters. The monoisotopic (exact) mass is 496 g/mol. The highest BCUT2D eigenvalue weighted by Crippen LogP contribution is 2.30. The lowest BCUT2D eigenvalue weighted by atomic mass is 10.1. The Balaban J connectivity index is 1.52. The van der Waals surface area contributed by atoms with Gasteiger partial charge in [-0.15, -0.1) is 35.8 Å². The van der Waals surface area contributed by atoms with Crippen LogP contribution in [-0.2, 0) is 25.3 Å². The lowest BCUT2D eigenvalue weighted by Crippen LogP contribution is -2.36. The standard InChI is InChI=1S/C20H15F3N4O4S2/c1-26-16(29)15-11(8-32-17(15)27(2)19(26)30)7-14(28)25-18-24-13(9-33-18)10-4-3-5-12(6-10)31-20(21,22)23/h3-6,8-9H,7H2,1-2H3,(H,24,25,28). The molecule has 1 N–H and O–H groups in total.